The van der Waals surface area contributed by atoms with Gasteiger partial charge in [0.15, 0.2) is 5.79 Å². The van der Waals surface area contributed by atoms with Crippen molar-refractivity contribution in [1.82, 2.24) is 0 Å². The maximum atomic E-state index is 11.6. The van der Waals surface area contributed by atoms with Crippen LogP contribution >= 0.6 is 0 Å². The summed E-state index contributed by atoms with van der Waals surface area (Å²) in [7, 11) is 4.44. The van der Waals surface area contributed by atoms with Gasteiger partial charge in [0.25, 0.3) is 0 Å². The van der Waals surface area contributed by atoms with E-state index in [1.54, 1.807) is 14.2 Å². The first-order valence-electron chi connectivity index (χ1n) is 4.88. The largest absolute Gasteiger partial charge is 0.469 e. The van der Waals surface area contributed by atoms with Crippen LogP contribution in [0.25, 0.3) is 0 Å². The predicted octanol–water partition coefficient (Wildman–Crippen LogP) is 0.311. The molecule has 88 valence electrons. The van der Waals surface area contributed by atoms with Gasteiger partial charge in [-0.05, 0) is 6.42 Å². The van der Waals surface area contributed by atoms with Gasteiger partial charge < -0.3 is 19.3 Å². The highest BCUT2D eigenvalue weighted by atomic mass is 16.7. The van der Waals surface area contributed by atoms with Gasteiger partial charge >= 0.3 is 5.97 Å². The molecule has 1 saturated carbocycles. The maximum Gasteiger partial charge on any atom is 0.312 e. The molecule has 1 fully saturated rings. The zero-order valence-corrected chi connectivity index (χ0v) is 9.41. The quantitative estimate of drug-likeness (QED) is 0.531. The average molecular weight is 218 g/mol. The standard InChI is InChI=1S/C10H18O5/c1-13-8(12)9(4-5-11)6-10(7-9,14-2)15-3/h11H,4-7H2,1-3H3. The summed E-state index contributed by atoms with van der Waals surface area (Å²) < 4.78 is 15.1. The Hall–Kier alpha value is -0.650. The molecule has 0 heterocycles. The van der Waals surface area contributed by atoms with Gasteiger partial charge in [0.2, 0.25) is 0 Å². The molecule has 0 saturated heterocycles. The van der Waals surface area contributed by atoms with E-state index in [1.165, 1.54) is 7.11 Å². The smallest absolute Gasteiger partial charge is 0.312 e. The summed E-state index contributed by atoms with van der Waals surface area (Å²) in [6, 6.07) is 0. The number of rotatable bonds is 5. The van der Waals surface area contributed by atoms with Crippen LogP contribution in [0.5, 0.6) is 0 Å². The summed E-state index contributed by atoms with van der Waals surface area (Å²) >= 11 is 0. The van der Waals surface area contributed by atoms with Crippen LogP contribution in [0.1, 0.15) is 19.3 Å². The van der Waals surface area contributed by atoms with Gasteiger partial charge in [-0.25, -0.2) is 0 Å². The molecule has 0 atom stereocenters. The van der Waals surface area contributed by atoms with Gasteiger partial charge in [0.05, 0.1) is 12.5 Å². The van der Waals surface area contributed by atoms with E-state index in [1.807, 2.05) is 0 Å². The maximum absolute atomic E-state index is 11.6. The summed E-state index contributed by atoms with van der Waals surface area (Å²) in [4.78, 5) is 11.6. The SMILES string of the molecule is COC(=O)C1(CCO)CC(OC)(OC)C1. The highest BCUT2D eigenvalue weighted by molar-refractivity contribution is 5.78. The minimum absolute atomic E-state index is 0.0430. The Morgan fingerprint density at radius 2 is 1.80 bits per heavy atom. The minimum Gasteiger partial charge on any atom is -0.469 e. The van der Waals surface area contributed by atoms with Crippen LogP contribution in [0.3, 0.4) is 0 Å². The van der Waals surface area contributed by atoms with E-state index >= 15 is 0 Å². The molecule has 1 aliphatic rings. The predicted molar refractivity (Wildman–Crippen MR) is 52.1 cm³/mol. The van der Waals surface area contributed by atoms with Crippen molar-refractivity contribution < 1.29 is 24.1 Å². The lowest BCUT2D eigenvalue weighted by Gasteiger charge is -2.51. The number of carbonyl (C=O) groups excluding carboxylic acids is 1. The summed E-state index contributed by atoms with van der Waals surface area (Å²) in [6.45, 7) is -0.0430. The Labute approximate surface area is 89.3 Å². The third-order valence-corrected chi connectivity index (χ3v) is 3.17. The zero-order chi connectivity index (χ0) is 11.5. The van der Waals surface area contributed by atoms with Crippen molar-refractivity contribution in [3.8, 4) is 0 Å². The molecule has 0 unspecified atom stereocenters. The second-order valence-corrected chi connectivity index (χ2v) is 3.92. The van der Waals surface area contributed by atoms with Gasteiger partial charge in [-0.15, -0.1) is 0 Å². The van der Waals surface area contributed by atoms with E-state index in [0.29, 0.717) is 19.3 Å². The van der Waals surface area contributed by atoms with Crippen LogP contribution in [-0.4, -0.2) is 44.8 Å². The molecule has 0 bridgehead atoms. The molecule has 5 heteroatoms. The van der Waals surface area contributed by atoms with Crippen molar-refractivity contribution in [2.75, 3.05) is 27.9 Å². The van der Waals surface area contributed by atoms with Crippen LogP contribution < -0.4 is 0 Å². The zero-order valence-electron chi connectivity index (χ0n) is 9.41. The molecule has 0 amide bonds. The molecule has 0 aromatic heterocycles. The Morgan fingerprint density at radius 3 is 2.13 bits per heavy atom. The Bertz CT molecular complexity index is 226. The first-order valence-corrected chi connectivity index (χ1v) is 4.88. The van der Waals surface area contributed by atoms with Crippen LogP contribution in [-0.2, 0) is 19.0 Å². The highest BCUT2D eigenvalue weighted by Crippen LogP contribution is 2.53. The molecular weight excluding hydrogens is 200 g/mol. The summed E-state index contributed by atoms with van der Waals surface area (Å²) in [6.07, 6.45) is 1.24. The van der Waals surface area contributed by atoms with Gasteiger partial charge in [-0.2, -0.15) is 0 Å². The molecule has 1 aliphatic carbocycles. The molecule has 0 aliphatic heterocycles. The van der Waals surface area contributed by atoms with Gasteiger partial charge in [-0.3, -0.25) is 4.79 Å². The van der Waals surface area contributed by atoms with Crippen LogP contribution in [0.2, 0.25) is 0 Å². The Morgan fingerprint density at radius 1 is 1.27 bits per heavy atom. The molecule has 0 radical (unpaired) electrons. The lowest BCUT2D eigenvalue weighted by atomic mass is 9.62. The molecule has 1 rings (SSSR count). The van der Waals surface area contributed by atoms with Crippen molar-refractivity contribution in [3.63, 3.8) is 0 Å². The van der Waals surface area contributed by atoms with Crippen molar-refractivity contribution in [3.05, 3.63) is 0 Å². The summed E-state index contributed by atoms with van der Waals surface area (Å²) in [5, 5.41) is 8.94. The fraction of sp³-hybridized carbons (Fsp3) is 0.900. The van der Waals surface area contributed by atoms with Gasteiger partial charge in [0.1, 0.15) is 0 Å². The van der Waals surface area contributed by atoms with Crippen LogP contribution in [0.15, 0.2) is 0 Å². The van der Waals surface area contributed by atoms with E-state index in [9.17, 15) is 4.79 Å². The second kappa shape index (κ2) is 4.47. The van der Waals surface area contributed by atoms with Crippen molar-refractivity contribution in [2.45, 2.75) is 25.0 Å². The van der Waals surface area contributed by atoms with Crippen LogP contribution in [0, 0.1) is 5.41 Å². The first kappa shape index (κ1) is 12.4. The third-order valence-electron chi connectivity index (χ3n) is 3.17. The average Bonchev–Trinajstić information content (AvgIpc) is 2.22. The molecule has 0 aromatic carbocycles. The highest BCUT2D eigenvalue weighted by Gasteiger charge is 2.60. The number of aliphatic hydroxyl groups is 1. The third kappa shape index (κ3) is 2.00. The van der Waals surface area contributed by atoms with E-state index in [4.69, 9.17) is 19.3 Å². The number of ether oxygens (including phenoxy) is 3. The fourth-order valence-corrected chi connectivity index (χ4v) is 2.21. The monoisotopic (exact) mass is 218 g/mol. The van der Waals surface area contributed by atoms with E-state index in [0.717, 1.165) is 0 Å². The summed E-state index contributed by atoms with van der Waals surface area (Å²) in [5.41, 5.74) is -0.643. The number of carbonyl (C=O) groups is 1. The lowest BCUT2D eigenvalue weighted by molar-refractivity contribution is -0.297. The van der Waals surface area contributed by atoms with E-state index in [2.05, 4.69) is 0 Å². The normalized spacial score (nSPS) is 21.9. The van der Waals surface area contributed by atoms with Crippen molar-refractivity contribution >= 4 is 5.97 Å². The topological polar surface area (TPSA) is 65.0 Å². The lowest BCUT2D eigenvalue weighted by Crippen LogP contribution is -2.58. The van der Waals surface area contributed by atoms with Gasteiger partial charge in [0, 0.05) is 33.7 Å². The van der Waals surface area contributed by atoms with Crippen LogP contribution in [0.4, 0.5) is 0 Å². The number of aliphatic hydroxyl groups excluding tert-OH is 1. The fourth-order valence-electron chi connectivity index (χ4n) is 2.21. The number of methoxy groups -OCH3 is 3. The summed E-state index contributed by atoms with van der Waals surface area (Å²) in [5.74, 6) is -0.995. The number of hydrogen-bond acceptors (Lipinski definition) is 5. The van der Waals surface area contributed by atoms with Gasteiger partial charge in [-0.1, -0.05) is 0 Å². The Kier molecular flexibility index (Phi) is 3.70. The second-order valence-electron chi connectivity index (χ2n) is 3.92. The number of esters is 1. The molecule has 0 spiro atoms. The van der Waals surface area contributed by atoms with E-state index < -0.39 is 11.2 Å². The minimum atomic E-state index is -0.691. The Balaban J connectivity index is 2.70. The van der Waals surface area contributed by atoms with Crippen molar-refractivity contribution in [1.29, 1.82) is 0 Å². The molecular formula is C10H18O5. The first-order chi connectivity index (χ1) is 7.08. The number of hydrogen-bond donors (Lipinski definition) is 1. The molecule has 5 nitrogen and oxygen atoms in total. The van der Waals surface area contributed by atoms with Crippen molar-refractivity contribution in [2.24, 2.45) is 5.41 Å². The molecule has 1 N–H and O–H groups in total. The molecule has 15 heavy (non-hydrogen) atoms. The van der Waals surface area contributed by atoms with E-state index in [-0.39, 0.29) is 12.6 Å². The molecule has 0 aromatic rings.